The molecule has 0 aromatic carbocycles. The van der Waals surface area contributed by atoms with E-state index in [2.05, 4.69) is 10.2 Å². The zero-order valence-electron chi connectivity index (χ0n) is 13.9. The second-order valence-corrected chi connectivity index (χ2v) is 4.84. The van der Waals surface area contributed by atoms with Crippen molar-refractivity contribution in [2.24, 2.45) is 0 Å². The Morgan fingerprint density at radius 3 is 1.50 bits per heavy atom. The van der Waals surface area contributed by atoms with Gasteiger partial charge in [-0.2, -0.15) is 23.4 Å². The molecular weight excluding hydrogens is 402 g/mol. The van der Waals surface area contributed by atoms with Gasteiger partial charge in [0.1, 0.15) is 0 Å². The maximum Gasteiger partial charge on any atom is 5.00 e. The van der Waals surface area contributed by atoms with Crippen molar-refractivity contribution in [1.82, 2.24) is 19.6 Å². The number of rotatable bonds is 4. The van der Waals surface area contributed by atoms with Gasteiger partial charge in [0.15, 0.2) is 6.17 Å². The fourth-order valence-electron chi connectivity index (χ4n) is 2.09. The van der Waals surface area contributed by atoms with Crippen molar-refractivity contribution in [3.05, 3.63) is 34.9 Å². The van der Waals surface area contributed by atoms with Crippen molar-refractivity contribution in [3.8, 4) is 0 Å². The fourth-order valence-corrected chi connectivity index (χ4v) is 2.09. The molecule has 2 aromatic rings. The summed E-state index contributed by atoms with van der Waals surface area (Å²) >= 11 is 0. The quantitative estimate of drug-likeness (QED) is 0.541. The summed E-state index contributed by atoms with van der Waals surface area (Å²) in [6.07, 6.45) is -1.05. The maximum atomic E-state index is 11.4. The number of nitrogens with zero attached hydrogens (tertiary/aromatic N) is 4. The van der Waals surface area contributed by atoms with Crippen LogP contribution in [-0.4, -0.2) is 38.7 Å². The first kappa shape index (κ1) is 24.7. The first-order chi connectivity index (χ1) is 10.3. The third-order valence-corrected chi connectivity index (χ3v) is 2.85. The van der Waals surface area contributed by atoms with Gasteiger partial charge in [-0.3, -0.25) is 0 Å². The van der Waals surface area contributed by atoms with Crippen LogP contribution in [0.1, 0.15) is 28.9 Å². The predicted octanol–water partition coefficient (Wildman–Crippen LogP) is -2.30. The van der Waals surface area contributed by atoms with Crippen molar-refractivity contribution in [3.63, 3.8) is 0 Å². The van der Waals surface area contributed by atoms with E-state index in [1.165, 1.54) is 9.36 Å². The average Bonchev–Trinajstić information content (AvgIpc) is 2.93. The molecule has 0 saturated heterocycles. The van der Waals surface area contributed by atoms with Crippen LogP contribution in [0.25, 0.3) is 0 Å². The van der Waals surface area contributed by atoms with Gasteiger partial charge in [0, 0.05) is 11.4 Å². The maximum absolute atomic E-state index is 11.4. The molecular formula is C14H19N4O5Tc. The Kier molecular flexibility index (Phi) is 11.4. The minimum absolute atomic E-state index is 0. The summed E-state index contributed by atoms with van der Waals surface area (Å²) < 4.78 is 2.84. The van der Waals surface area contributed by atoms with Crippen LogP contribution in [-0.2, 0) is 30.4 Å². The zero-order valence-corrected chi connectivity index (χ0v) is 15.7. The summed E-state index contributed by atoms with van der Waals surface area (Å²) in [6, 6.07) is 3.64. The van der Waals surface area contributed by atoms with Crippen LogP contribution in [0, 0.1) is 27.7 Å². The molecule has 2 aromatic heterocycles. The summed E-state index contributed by atoms with van der Waals surface area (Å²) in [7, 11) is 0. The molecule has 2 heterocycles. The summed E-state index contributed by atoms with van der Waals surface area (Å²) in [5.74, 6) is -1.23. The summed E-state index contributed by atoms with van der Waals surface area (Å²) in [5, 5.41) is 37.7. The monoisotopic (exact) mass is 420 g/mol. The Labute approximate surface area is 153 Å². The number of hydrogen-bond donors (Lipinski definition) is 0. The Bertz CT molecular complexity index is 593. The molecule has 10 heteroatoms. The van der Waals surface area contributed by atoms with Gasteiger partial charge in [-0.1, -0.05) is 0 Å². The molecule has 2 rings (SSSR count). The molecule has 24 heavy (non-hydrogen) atoms. The van der Waals surface area contributed by atoms with Crippen molar-refractivity contribution < 1.29 is 45.7 Å². The van der Waals surface area contributed by atoms with Crippen LogP contribution in [0.4, 0.5) is 0 Å². The van der Waals surface area contributed by atoms with E-state index in [-0.39, 0.29) is 25.6 Å². The van der Waals surface area contributed by atoms with Crippen molar-refractivity contribution in [2.45, 2.75) is 33.9 Å². The number of aryl methyl sites for hydroxylation is 4. The van der Waals surface area contributed by atoms with Crippen LogP contribution in [0.3, 0.4) is 0 Å². The normalized spacial score (nSPS) is 9.62. The Morgan fingerprint density at radius 1 is 1.00 bits per heavy atom. The van der Waals surface area contributed by atoms with Crippen molar-refractivity contribution in [1.29, 1.82) is 0 Å². The van der Waals surface area contributed by atoms with Gasteiger partial charge in [0.05, 0.1) is 17.4 Å². The number of carbonyl (C=O) groups is 1. The third kappa shape index (κ3) is 6.14. The summed E-state index contributed by atoms with van der Waals surface area (Å²) in [4.78, 5) is 11.4. The van der Waals surface area contributed by atoms with E-state index in [4.69, 9.17) is 10.2 Å². The predicted molar refractivity (Wildman–Crippen MR) is 73.3 cm³/mol. The van der Waals surface area contributed by atoms with E-state index in [0.29, 0.717) is 0 Å². The Balaban J connectivity index is 0. The Morgan fingerprint density at radius 2 is 1.33 bits per heavy atom. The topological polar surface area (TPSA) is 150 Å². The van der Waals surface area contributed by atoms with E-state index in [9.17, 15) is 9.90 Å². The van der Waals surface area contributed by atoms with Gasteiger partial charge in [0.2, 0.25) is 0 Å². The van der Waals surface area contributed by atoms with E-state index in [1.807, 2.05) is 39.8 Å². The van der Waals surface area contributed by atoms with Crippen LogP contribution >= 0.6 is 0 Å². The zero-order chi connectivity index (χ0) is 16.9. The molecule has 0 aliphatic rings. The molecule has 9 nitrogen and oxygen atoms in total. The van der Waals surface area contributed by atoms with Gasteiger partial charge in [0.25, 0.3) is 0 Å². The van der Waals surface area contributed by atoms with E-state index in [1.54, 1.807) is 0 Å². The average molecular weight is 421 g/mol. The molecule has 0 N–H and O–H groups in total. The molecule has 0 fully saturated rings. The second-order valence-electron chi connectivity index (χ2n) is 4.84. The van der Waals surface area contributed by atoms with Gasteiger partial charge >= 0.3 is 20.1 Å². The minimum Gasteiger partial charge on any atom is -2.00 e. The van der Waals surface area contributed by atoms with Crippen molar-refractivity contribution in [2.75, 3.05) is 13.2 Å². The first-order valence-electron chi connectivity index (χ1n) is 6.74. The molecule has 0 unspecified atom stereocenters. The van der Waals surface area contributed by atoms with E-state index >= 15 is 0 Å². The molecule has 0 radical (unpaired) electrons. The van der Waals surface area contributed by atoms with E-state index < -0.39 is 25.3 Å². The first-order valence-corrected chi connectivity index (χ1v) is 6.74. The van der Waals surface area contributed by atoms with Crippen LogP contribution < -0.4 is 15.3 Å². The van der Waals surface area contributed by atoms with Gasteiger partial charge < -0.3 is 25.6 Å². The number of aromatic nitrogens is 4. The molecule has 0 bridgehead atoms. The van der Waals surface area contributed by atoms with E-state index in [0.717, 1.165) is 22.8 Å². The number of aliphatic carboxylic acids is 1. The van der Waals surface area contributed by atoms with Crippen LogP contribution in [0.5, 0.6) is 0 Å². The van der Waals surface area contributed by atoms with Gasteiger partial charge in [-0.05, 0) is 39.8 Å². The standard InChI is InChI=1S/C12H16N4O2.C2H4O2.O.Tc/c1-7-5-9(3)15(13-7)11(12(17)18)16-10(4)6-8(2)14-16;3-1-2-4;;/h5-6,11H,1-4H3,(H,17,18);1-2H2;;/q;2*-2;+5/p-1. The number of carboxylic acids is 1. The van der Waals surface area contributed by atoms with Crippen LogP contribution in [0.2, 0.25) is 0 Å². The summed E-state index contributed by atoms with van der Waals surface area (Å²) in [5.41, 5.74) is 3.05. The Hall–Kier alpha value is -1.58. The second kappa shape index (κ2) is 11.1. The van der Waals surface area contributed by atoms with Crippen LogP contribution in [0.15, 0.2) is 12.1 Å². The molecule has 132 valence electrons. The molecule has 0 saturated carbocycles. The number of carboxylic acid groups (broad SMARTS) is 1. The van der Waals surface area contributed by atoms with Gasteiger partial charge in [-0.15, -0.1) is 0 Å². The largest absolute Gasteiger partial charge is 5.00 e. The number of hydrogen-bond acceptors (Lipinski definition) is 6. The molecule has 0 amide bonds. The molecule has 0 aliphatic heterocycles. The van der Waals surface area contributed by atoms with Crippen molar-refractivity contribution >= 4 is 5.97 Å². The smallest absolute Gasteiger partial charge is 2.00 e. The fraction of sp³-hybridized carbons (Fsp3) is 0.500. The minimum atomic E-state index is -1.23. The molecule has 0 spiro atoms. The summed E-state index contributed by atoms with van der Waals surface area (Å²) in [6.45, 7) is 6.28. The van der Waals surface area contributed by atoms with Gasteiger partial charge in [-0.25, -0.2) is 9.36 Å². The molecule has 0 aliphatic carbocycles. The number of carbonyl (C=O) groups excluding carboxylic acids is 1. The SMILES string of the molecule is Cc1cc(C)n(C(C(=O)[O-])n2nc(C)cc2C)n1.[O-2].[O-]CC[O-].[Tc+5]. The third-order valence-electron chi connectivity index (χ3n) is 2.85. The molecule has 0 atom stereocenters.